The molecule has 3 aromatic rings. The van der Waals surface area contributed by atoms with E-state index in [0.29, 0.717) is 30.1 Å². The van der Waals surface area contributed by atoms with Gasteiger partial charge in [-0.2, -0.15) is 0 Å². The highest BCUT2D eigenvalue weighted by Crippen LogP contribution is 2.30. The number of anilines is 1. The van der Waals surface area contributed by atoms with Crippen LogP contribution in [0.3, 0.4) is 0 Å². The molecule has 5 nitrogen and oxygen atoms in total. The van der Waals surface area contributed by atoms with Crippen LogP contribution in [0.15, 0.2) is 66.7 Å². The van der Waals surface area contributed by atoms with Gasteiger partial charge in [0.05, 0.1) is 7.11 Å². The summed E-state index contributed by atoms with van der Waals surface area (Å²) in [4.78, 5) is 17.8. The first-order chi connectivity index (χ1) is 19.1. The van der Waals surface area contributed by atoms with E-state index in [1.165, 1.54) is 11.3 Å². The highest BCUT2D eigenvalue weighted by molar-refractivity contribution is 6.31. The van der Waals surface area contributed by atoms with Gasteiger partial charge >= 0.3 is 0 Å². The summed E-state index contributed by atoms with van der Waals surface area (Å²) < 4.78 is 11.4. The minimum Gasteiger partial charge on any atom is -0.493 e. The number of halogens is 1. The van der Waals surface area contributed by atoms with Crippen LogP contribution in [0.25, 0.3) is 0 Å². The largest absolute Gasteiger partial charge is 0.493 e. The van der Waals surface area contributed by atoms with Gasteiger partial charge in [0.25, 0.3) is 0 Å². The number of benzene rings is 3. The Bertz CT molecular complexity index is 1160. The number of ether oxygens (including phenoxy) is 2. The number of unbranched alkanes of at least 4 members (excludes halogenated alkanes) is 1. The van der Waals surface area contributed by atoms with E-state index in [1.54, 1.807) is 13.2 Å². The van der Waals surface area contributed by atoms with Crippen LogP contribution in [-0.4, -0.2) is 50.5 Å². The molecule has 0 radical (unpaired) electrons. The summed E-state index contributed by atoms with van der Waals surface area (Å²) in [7, 11) is 1.61. The molecule has 0 aliphatic carbocycles. The van der Waals surface area contributed by atoms with Crippen LogP contribution in [0.1, 0.15) is 61.5 Å². The average molecular weight is 551 g/mol. The van der Waals surface area contributed by atoms with Crippen molar-refractivity contribution in [2.75, 3.05) is 44.7 Å². The molecule has 0 saturated carbocycles. The fourth-order valence-electron chi connectivity index (χ4n) is 4.87. The van der Waals surface area contributed by atoms with Crippen LogP contribution in [-0.2, 0) is 13.0 Å². The van der Waals surface area contributed by atoms with Crippen LogP contribution in [0.5, 0.6) is 11.5 Å². The van der Waals surface area contributed by atoms with Gasteiger partial charge in [-0.1, -0.05) is 68.8 Å². The Labute approximate surface area is 239 Å². The van der Waals surface area contributed by atoms with Gasteiger partial charge in [-0.3, -0.25) is 9.69 Å². The van der Waals surface area contributed by atoms with E-state index in [4.69, 9.17) is 21.1 Å². The van der Waals surface area contributed by atoms with Crippen LogP contribution in [0.4, 0.5) is 5.69 Å². The van der Waals surface area contributed by atoms with E-state index >= 15 is 0 Å². The molecule has 0 aromatic heterocycles. The first kappa shape index (κ1) is 30.5. The Kier molecular flexibility index (Phi) is 12.7. The molecule has 0 N–H and O–H groups in total. The van der Waals surface area contributed by atoms with Crippen molar-refractivity contribution in [3.05, 3.63) is 88.4 Å². The van der Waals surface area contributed by atoms with Crippen molar-refractivity contribution in [1.29, 1.82) is 0 Å². The van der Waals surface area contributed by atoms with Crippen molar-refractivity contribution >= 4 is 23.1 Å². The molecule has 1 aliphatic rings. The lowest BCUT2D eigenvalue weighted by Crippen LogP contribution is -2.46. The van der Waals surface area contributed by atoms with Gasteiger partial charge in [-0.25, -0.2) is 0 Å². The van der Waals surface area contributed by atoms with E-state index < -0.39 is 0 Å². The molecule has 0 atom stereocenters. The van der Waals surface area contributed by atoms with Crippen LogP contribution < -0.4 is 14.4 Å². The van der Waals surface area contributed by atoms with E-state index in [2.05, 4.69) is 22.8 Å². The summed E-state index contributed by atoms with van der Waals surface area (Å²) in [6.45, 7) is 11.7. The number of ketones is 1. The summed E-state index contributed by atoms with van der Waals surface area (Å²) in [5.41, 5.74) is 4.27. The van der Waals surface area contributed by atoms with Gasteiger partial charge in [-0.15, -0.1) is 0 Å². The molecular formula is C33H43ClN2O3. The molecule has 6 heteroatoms. The zero-order valence-corrected chi connectivity index (χ0v) is 24.7. The number of carbonyl (C=O) groups is 1. The van der Waals surface area contributed by atoms with Crippen molar-refractivity contribution in [2.45, 2.75) is 53.1 Å². The summed E-state index contributed by atoms with van der Waals surface area (Å²) in [6.07, 6.45) is 3.37. The third-order valence-electron chi connectivity index (χ3n) is 7.01. The second kappa shape index (κ2) is 16.2. The summed E-state index contributed by atoms with van der Waals surface area (Å²) in [5.74, 6) is 1.38. The Morgan fingerprint density at radius 2 is 1.64 bits per heavy atom. The van der Waals surface area contributed by atoms with Gasteiger partial charge in [0.15, 0.2) is 17.3 Å². The average Bonchev–Trinajstić information content (AvgIpc) is 2.99. The van der Waals surface area contributed by atoms with E-state index in [1.807, 2.05) is 68.4 Å². The zero-order chi connectivity index (χ0) is 28.0. The first-order valence-corrected chi connectivity index (χ1v) is 14.6. The predicted octanol–water partition coefficient (Wildman–Crippen LogP) is 7.69. The molecule has 0 unspecified atom stereocenters. The van der Waals surface area contributed by atoms with Crippen molar-refractivity contribution in [3.63, 3.8) is 0 Å². The van der Waals surface area contributed by atoms with Gasteiger partial charge in [0.2, 0.25) is 0 Å². The molecule has 0 spiro atoms. The van der Waals surface area contributed by atoms with E-state index in [0.717, 1.165) is 62.6 Å². The Hall–Kier alpha value is -3.02. The molecule has 1 heterocycles. The summed E-state index contributed by atoms with van der Waals surface area (Å²) >= 11 is 6.42. The molecule has 1 fully saturated rings. The number of hydrogen-bond acceptors (Lipinski definition) is 5. The lowest BCUT2D eigenvalue weighted by molar-refractivity contribution is 0.0977. The first-order valence-electron chi connectivity index (χ1n) is 14.2. The molecule has 1 saturated heterocycles. The Balaban J connectivity index is 0.00000205. The van der Waals surface area contributed by atoms with E-state index in [9.17, 15) is 4.79 Å². The van der Waals surface area contributed by atoms with Crippen molar-refractivity contribution < 1.29 is 14.3 Å². The second-order valence-electron chi connectivity index (χ2n) is 9.44. The molecule has 39 heavy (non-hydrogen) atoms. The summed E-state index contributed by atoms with van der Waals surface area (Å²) in [6, 6.07) is 21.7. The SMILES string of the molecule is CC.CCc1c(Cl)cccc1N1CCN(CCCCC(=O)c2ccc(OCc3ccccc3)c(OC)c2)CC1. The lowest BCUT2D eigenvalue weighted by atomic mass is 10.0. The smallest absolute Gasteiger partial charge is 0.163 e. The molecule has 1 aliphatic heterocycles. The maximum atomic E-state index is 12.8. The predicted molar refractivity (Wildman–Crippen MR) is 163 cm³/mol. The van der Waals surface area contributed by atoms with E-state index in [-0.39, 0.29) is 5.78 Å². The number of piperazine rings is 1. The maximum absolute atomic E-state index is 12.8. The molecule has 210 valence electrons. The van der Waals surface area contributed by atoms with Gasteiger partial charge < -0.3 is 14.4 Å². The van der Waals surface area contributed by atoms with Gasteiger partial charge in [0, 0.05) is 48.9 Å². The minimum atomic E-state index is 0.144. The monoisotopic (exact) mass is 550 g/mol. The fraction of sp³-hybridized carbons (Fsp3) is 0.424. The fourth-order valence-corrected chi connectivity index (χ4v) is 5.17. The van der Waals surface area contributed by atoms with Gasteiger partial charge in [0.1, 0.15) is 6.61 Å². The minimum absolute atomic E-state index is 0.144. The Morgan fingerprint density at radius 3 is 2.33 bits per heavy atom. The third kappa shape index (κ3) is 8.74. The standard InChI is InChI=1S/C31H37ClN2O3.C2H6/c1-3-26-27(32)12-9-13-28(26)34-20-18-33(19-21-34)17-8-7-14-29(35)25-15-16-30(31(22-25)36-2)37-23-24-10-5-4-6-11-24;1-2/h4-6,9-13,15-16,22H,3,7-8,14,17-21,23H2,1-2H3;1-2H3. The number of rotatable bonds is 12. The second-order valence-corrected chi connectivity index (χ2v) is 9.85. The number of hydrogen-bond donors (Lipinski definition) is 0. The van der Waals surface area contributed by atoms with Gasteiger partial charge in [-0.05, 0) is 67.3 Å². The molecular weight excluding hydrogens is 508 g/mol. The van der Waals surface area contributed by atoms with Crippen molar-refractivity contribution in [3.8, 4) is 11.5 Å². The van der Waals surface area contributed by atoms with Crippen LogP contribution in [0.2, 0.25) is 5.02 Å². The number of nitrogens with zero attached hydrogens (tertiary/aromatic N) is 2. The molecule has 4 rings (SSSR count). The third-order valence-corrected chi connectivity index (χ3v) is 7.37. The molecule has 0 amide bonds. The normalized spacial score (nSPS) is 13.4. The topological polar surface area (TPSA) is 42.0 Å². The maximum Gasteiger partial charge on any atom is 0.163 e. The highest BCUT2D eigenvalue weighted by atomic mass is 35.5. The number of carbonyl (C=O) groups excluding carboxylic acids is 1. The Morgan fingerprint density at radius 1 is 0.897 bits per heavy atom. The molecule has 0 bridgehead atoms. The summed E-state index contributed by atoms with van der Waals surface area (Å²) in [5, 5.41) is 0.860. The number of Topliss-reactive ketones (excluding diaryl/α,β-unsaturated/α-hetero) is 1. The zero-order valence-electron chi connectivity index (χ0n) is 23.9. The number of methoxy groups -OCH3 is 1. The molecule has 3 aromatic carbocycles. The lowest BCUT2D eigenvalue weighted by Gasteiger charge is -2.37. The highest BCUT2D eigenvalue weighted by Gasteiger charge is 2.20. The van der Waals surface area contributed by atoms with Crippen molar-refractivity contribution in [2.24, 2.45) is 0 Å². The van der Waals surface area contributed by atoms with Crippen molar-refractivity contribution in [1.82, 2.24) is 4.90 Å². The quantitative estimate of drug-likeness (QED) is 0.171. The van der Waals surface area contributed by atoms with Crippen LogP contribution >= 0.6 is 11.6 Å². The van der Waals surface area contributed by atoms with Crippen LogP contribution in [0, 0.1) is 0 Å².